The fourth-order valence-electron chi connectivity index (χ4n) is 2.19. The summed E-state index contributed by atoms with van der Waals surface area (Å²) in [6, 6.07) is 15.7. The predicted molar refractivity (Wildman–Crippen MR) is 103 cm³/mol. The van der Waals surface area contributed by atoms with E-state index in [0.29, 0.717) is 38.5 Å². The average Bonchev–Trinajstić information content (AvgIpc) is 3.06. The van der Waals surface area contributed by atoms with Gasteiger partial charge in [0.2, 0.25) is 5.91 Å². The van der Waals surface area contributed by atoms with Crippen LogP contribution in [0.15, 0.2) is 65.1 Å². The van der Waals surface area contributed by atoms with Gasteiger partial charge in [0, 0.05) is 23.0 Å². The highest BCUT2D eigenvalue weighted by Crippen LogP contribution is 2.34. The van der Waals surface area contributed by atoms with Crippen molar-refractivity contribution in [2.75, 3.05) is 11.1 Å². The average molecular weight is 373 g/mol. The zero-order valence-electron chi connectivity index (χ0n) is 13.0. The summed E-state index contributed by atoms with van der Waals surface area (Å²) in [7, 11) is 0. The lowest BCUT2D eigenvalue weighted by Crippen LogP contribution is -2.07. The van der Waals surface area contributed by atoms with E-state index < -0.39 is 0 Å². The zero-order chi connectivity index (χ0) is 17.8. The van der Waals surface area contributed by atoms with Gasteiger partial charge in [0.05, 0.1) is 10.0 Å². The lowest BCUT2D eigenvalue weighted by molar-refractivity contribution is -0.111. The second-order valence-corrected chi connectivity index (χ2v) is 6.03. The van der Waals surface area contributed by atoms with Crippen molar-refractivity contribution in [2.24, 2.45) is 0 Å². The molecule has 1 amide bonds. The van der Waals surface area contributed by atoms with Crippen LogP contribution < -0.4 is 11.1 Å². The first-order valence-corrected chi connectivity index (χ1v) is 8.17. The lowest BCUT2D eigenvalue weighted by atomic mass is 10.2. The summed E-state index contributed by atoms with van der Waals surface area (Å²) in [4.78, 5) is 11.9. The molecule has 6 heteroatoms. The number of halogens is 2. The number of rotatable bonds is 4. The van der Waals surface area contributed by atoms with Crippen LogP contribution in [-0.4, -0.2) is 5.91 Å². The number of hydrogen-bond acceptors (Lipinski definition) is 3. The Balaban J connectivity index is 1.70. The number of furan rings is 1. The highest BCUT2D eigenvalue weighted by molar-refractivity contribution is 6.43. The van der Waals surface area contributed by atoms with Crippen LogP contribution in [0.3, 0.4) is 0 Å². The summed E-state index contributed by atoms with van der Waals surface area (Å²) in [5.41, 5.74) is 7.60. The van der Waals surface area contributed by atoms with Gasteiger partial charge in [-0.05, 0) is 54.6 Å². The van der Waals surface area contributed by atoms with Crippen LogP contribution in [0.4, 0.5) is 11.4 Å². The van der Waals surface area contributed by atoms with E-state index in [9.17, 15) is 4.79 Å². The molecule has 0 bridgehead atoms. The molecule has 0 unspecified atom stereocenters. The molecule has 3 rings (SSSR count). The molecule has 25 heavy (non-hydrogen) atoms. The highest BCUT2D eigenvalue weighted by Gasteiger charge is 2.10. The quantitative estimate of drug-likeness (QED) is 0.470. The fraction of sp³-hybridized carbons (Fsp3) is 0. The number of nitrogen functional groups attached to an aromatic ring is 1. The molecule has 1 heterocycles. The van der Waals surface area contributed by atoms with Crippen molar-refractivity contribution in [1.82, 2.24) is 0 Å². The van der Waals surface area contributed by atoms with Gasteiger partial charge in [-0.15, -0.1) is 0 Å². The summed E-state index contributed by atoms with van der Waals surface area (Å²) in [6.07, 6.45) is 2.97. The topological polar surface area (TPSA) is 68.3 Å². The van der Waals surface area contributed by atoms with E-state index in [0.717, 1.165) is 0 Å². The summed E-state index contributed by atoms with van der Waals surface area (Å²) in [5, 5.41) is 3.61. The normalized spacial score (nSPS) is 11.0. The van der Waals surface area contributed by atoms with Gasteiger partial charge in [0.15, 0.2) is 0 Å². The van der Waals surface area contributed by atoms with Crippen molar-refractivity contribution in [2.45, 2.75) is 0 Å². The van der Waals surface area contributed by atoms with Gasteiger partial charge >= 0.3 is 0 Å². The highest BCUT2D eigenvalue weighted by atomic mass is 35.5. The van der Waals surface area contributed by atoms with Crippen LogP contribution in [0.1, 0.15) is 5.76 Å². The number of benzene rings is 2. The molecular weight excluding hydrogens is 359 g/mol. The van der Waals surface area contributed by atoms with Crippen LogP contribution in [0.2, 0.25) is 10.0 Å². The molecule has 0 saturated carbocycles. The minimum Gasteiger partial charge on any atom is -0.457 e. The molecule has 0 saturated heterocycles. The third-order valence-corrected chi connectivity index (χ3v) is 4.24. The van der Waals surface area contributed by atoms with Gasteiger partial charge in [-0.3, -0.25) is 4.79 Å². The molecule has 0 fully saturated rings. The molecule has 2 aromatic carbocycles. The van der Waals surface area contributed by atoms with E-state index in [1.54, 1.807) is 54.6 Å². The standard InChI is InChI=1S/C19H14Cl2N2O2/c20-16-3-1-2-15(19(16)21)17-10-8-14(25-17)9-11-18(24)23-13-6-4-12(22)5-7-13/h1-11H,22H2,(H,23,24)/b11-9+. The first-order valence-electron chi connectivity index (χ1n) is 7.42. The molecule has 0 aliphatic carbocycles. The van der Waals surface area contributed by atoms with E-state index in [1.165, 1.54) is 6.08 Å². The van der Waals surface area contributed by atoms with Crippen molar-refractivity contribution in [3.8, 4) is 11.3 Å². The molecule has 0 aliphatic rings. The molecule has 0 aliphatic heterocycles. The SMILES string of the molecule is Nc1ccc(NC(=O)/C=C/c2ccc(-c3cccc(Cl)c3Cl)o2)cc1. The molecule has 126 valence electrons. The fourth-order valence-corrected chi connectivity index (χ4v) is 2.58. The van der Waals surface area contributed by atoms with E-state index in [1.807, 2.05) is 6.07 Å². The van der Waals surface area contributed by atoms with Crippen molar-refractivity contribution < 1.29 is 9.21 Å². The number of hydrogen-bond donors (Lipinski definition) is 2. The minimum atomic E-state index is -0.275. The summed E-state index contributed by atoms with van der Waals surface area (Å²) >= 11 is 12.2. The van der Waals surface area contributed by atoms with Gasteiger partial charge in [0.25, 0.3) is 0 Å². The molecule has 3 N–H and O–H groups in total. The maximum absolute atomic E-state index is 11.9. The van der Waals surface area contributed by atoms with Gasteiger partial charge < -0.3 is 15.5 Å². The Morgan fingerprint density at radius 1 is 1.04 bits per heavy atom. The van der Waals surface area contributed by atoms with Crippen molar-refractivity contribution in [1.29, 1.82) is 0 Å². The summed E-state index contributed by atoms with van der Waals surface area (Å²) < 4.78 is 5.70. The number of amides is 1. The number of carbonyl (C=O) groups is 1. The number of nitrogens with two attached hydrogens (primary N) is 1. The first-order chi connectivity index (χ1) is 12.0. The lowest BCUT2D eigenvalue weighted by Gasteiger charge is -2.02. The van der Waals surface area contributed by atoms with Crippen molar-refractivity contribution in [3.05, 3.63) is 76.5 Å². The van der Waals surface area contributed by atoms with Crippen molar-refractivity contribution >= 4 is 46.6 Å². The third-order valence-electron chi connectivity index (χ3n) is 3.42. The van der Waals surface area contributed by atoms with Crippen LogP contribution >= 0.6 is 23.2 Å². The minimum absolute atomic E-state index is 0.275. The molecule has 0 atom stereocenters. The maximum Gasteiger partial charge on any atom is 0.248 e. The summed E-state index contributed by atoms with van der Waals surface area (Å²) in [6.45, 7) is 0. The summed E-state index contributed by atoms with van der Waals surface area (Å²) in [5.74, 6) is 0.827. The number of nitrogens with one attached hydrogen (secondary N) is 1. The van der Waals surface area contributed by atoms with E-state index in [4.69, 9.17) is 33.4 Å². The van der Waals surface area contributed by atoms with Crippen LogP contribution in [0.25, 0.3) is 17.4 Å². The van der Waals surface area contributed by atoms with Crippen LogP contribution in [-0.2, 0) is 4.79 Å². The Bertz CT molecular complexity index is 931. The molecule has 1 aromatic heterocycles. The predicted octanol–water partition coefficient (Wildman–Crippen LogP) is 5.49. The Morgan fingerprint density at radius 2 is 1.80 bits per heavy atom. The smallest absolute Gasteiger partial charge is 0.248 e. The van der Waals surface area contributed by atoms with E-state index >= 15 is 0 Å². The largest absolute Gasteiger partial charge is 0.457 e. The third kappa shape index (κ3) is 4.24. The Morgan fingerprint density at radius 3 is 2.56 bits per heavy atom. The van der Waals surface area contributed by atoms with Gasteiger partial charge in [-0.1, -0.05) is 29.3 Å². The molecule has 0 spiro atoms. The van der Waals surface area contributed by atoms with Gasteiger partial charge in [-0.2, -0.15) is 0 Å². The van der Waals surface area contributed by atoms with Gasteiger partial charge in [0.1, 0.15) is 11.5 Å². The first kappa shape index (κ1) is 17.1. The van der Waals surface area contributed by atoms with Crippen LogP contribution in [0.5, 0.6) is 0 Å². The van der Waals surface area contributed by atoms with E-state index in [-0.39, 0.29) is 5.91 Å². The van der Waals surface area contributed by atoms with Gasteiger partial charge in [-0.25, -0.2) is 0 Å². The van der Waals surface area contributed by atoms with Crippen LogP contribution in [0, 0.1) is 0 Å². The number of carbonyl (C=O) groups excluding carboxylic acids is 1. The number of anilines is 2. The molecule has 0 radical (unpaired) electrons. The Hall–Kier alpha value is -2.69. The Labute approximate surface area is 154 Å². The molecule has 3 aromatic rings. The molecular formula is C19H14Cl2N2O2. The monoisotopic (exact) mass is 372 g/mol. The van der Waals surface area contributed by atoms with E-state index in [2.05, 4.69) is 5.32 Å². The second kappa shape index (κ2) is 7.47. The van der Waals surface area contributed by atoms with Crippen molar-refractivity contribution in [3.63, 3.8) is 0 Å². The zero-order valence-corrected chi connectivity index (χ0v) is 14.5. The maximum atomic E-state index is 11.9. The molecule has 4 nitrogen and oxygen atoms in total. The second-order valence-electron chi connectivity index (χ2n) is 5.25. The Kier molecular flexibility index (Phi) is 5.12.